The maximum absolute atomic E-state index is 11.9. The van der Waals surface area contributed by atoms with Gasteiger partial charge in [-0.15, -0.1) is 0 Å². The Balaban J connectivity index is 2.07. The molecular formula is C14H20N2O4. The van der Waals surface area contributed by atoms with Gasteiger partial charge < -0.3 is 14.2 Å². The summed E-state index contributed by atoms with van der Waals surface area (Å²) in [7, 11) is 5.13. The molecule has 0 saturated heterocycles. The minimum atomic E-state index is -0.0626. The molecule has 0 amide bonds. The molecule has 0 unspecified atom stereocenters. The van der Waals surface area contributed by atoms with E-state index in [1.807, 2.05) is 18.2 Å². The van der Waals surface area contributed by atoms with Crippen LogP contribution in [0.1, 0.15) is 0 Å². The van der Waals surface area contributed by atoms with Crippen LogP contribution in [0, 0.1) is 0 Å². The lowest BCUT2D eigenvalue weighted by atomic mass is 10.3. The predicted molar refractivity (Wildman–Crippen MR) is 76.4 cm³/mol. The van der Waals surface area contributed by atoms with Crippen LogP contribution in [0.2, 0.25) is 0 Å². The molecule has 0 aliphatic heterocycles. The number of nitrogens with zero attached hydrogens (tertiary/aromatic N) is 2. The maximum atomic E-state index is 11.9. The number of ether oxygens (including phenoxy) is 3. The smallest absolute Gasteiger partial charge is 0.328 e. The van der Waals surface area contributed by atoms with Crippen LogP contribution in [0.3, 0.4) is 0 Å². The number of aromatic nitrogens is 2. The lowest BCUT2D eigenvalue weighted by Crippen LogP contribution is -2.19. The highest BCUT2D eigenvalue weighted by molar-refractivity contribution is 5.82. The summed E-state index contributed by atoms with van der Waals surface area (Å²) in [6, 6.07) is 5.64. The van der Waals surface area contributed by atoms with Crippen molar-refractivity contribution < 1.29 is 14.2 Å². The normalized spacial score (nSPS) is 11.2. The van der Waals surface area contributed by atoms with Crippen LogP contribution in [0.5, 0.6) is 5.75 Å². The summed E-state index contributed by atoms with van der Waals surface area (Å²) >= 11 is 0. The van der Waals surface area contributed by atoms with Crippen molar-refractivity contribution in [3.8, 4) is 5.75 Å². The van der Waals surface area contributed by atoms with E-state index in [2.05, 4.69) is 0 Å². The zero-order chi connectivity index (χ0) is 14.5. The summed E-state index contributed by atoms with van der Waals surface area (Å²) in [5.74, 6) is 0.693. The highest BCUT2D eigenvalue weighted by Gasteiger charge is 2.12. The van der Waals surface area contributed by atoms with E-state index in [0.29, 0.717) is 32.2 Å². The van der Waals surface area contributed by atoms with Gasteiger partial charge in [0.25, 0.3) is 0 Å². The third kappa shape index (κ3) is 2.86. The van der Waals surface area contributed by atoms with Crippen molar-refractivity contribution in [2.24, 2.45) is 14.1 Å². The first kappa shape index (κ1) is 14.6. The molecule has 20 heavy (non-hydrogen) atoms. The van der Waals surface area contributed by atoms with E-state index in [9.17, 15) is 4.79 Å². The molecule has 2 aromatic rings. The Labute approximate surface area is 117 Å². The Morgan fingerprint density at radius 1 is 1.05 bits per heavy atom. The Morgan fingerprint density at radius 2 is 1.80 bits per heavy atom. The SMILES string of the molecule is COCCOCCOc1cccc2c1n(C)c(=O)n2C. The van der Waals surface area contributed by atoms with Gasteiger partial charge in [-0.25, -0.2) is 4.79 Å². The van der Waals surface area contributed by atoms with E-state index in [4.69, 9.17) is 14.2 Å². The van der Waals surface area contributed by atoms with Crippen molar-refractivity contribution in [2.45, 2.75) is 0 Å². The molecule has 0 spiro atoms. The number of aryl methyl sites for hydroxylation is 2. The van der Waals surface area contributed by atoms with Gasteiger partial charge in [-0.1, -0.05) is 6.07 Å². The Hall–Kier alpha value is -1.79. The van der Waals surface area contributed by atoms with Crippen molar-refractivity contribution in [3.63, 3.8) is 0 Å². The van der Waals surface area contributed by atoms with Crippen LogP contribution < -0.4 is 10.4 Å². The largest absolute Gasteiger partial charge is 0.489 e. The summed E-state index contributed by atoms with van der Waals surface area (Å²) in [6.07, 6.45) is 0. The van der Waals surface area contributed by atoms with Crippen LogP contribution in [0.4, 0.5) is 0 Å². The molecule has 0 bridgehead atoms. The second-order valence-electron chi connectivity index (χ2n) is 4.48. The van der Waals surface area contributed by atoms with E-state index >= 15 is 0 Å². The molecule has 0 aliphatic rings. The van der Waals surface area contributed by atoms with Crippen LogP contribution in [-0.4, -0.2) is 42.7 Å². The minimum absolute atomic E-state index is 0.0626. The number of hydrogen-bond donors (Lipinski definition) is 0. The van der Waals surface area contributed by atoms with E-state index in [1.165, 1.54) is 0 Å². The molecule has 6 nitrogen and oxygen atoms in total. The van der Waals surface area contributed by atoms with Gasteiger partial charge in [0.15, 0.2) is 0 Å². The van der Waals surface area contributed by atoms with Gasteiger partial charge in [0, 0.05) is 21.2 Å². The van der Waals surface area contributed by atoms with E-state index in [1.54, 1.807) is 30.3 Å². The third-order valence-electron chi connectivity index (χ3n) is 3.17. The quantitative estimate of drug-likeness (QED) is 0.708. The molecule has 2 rings (SSSR count). The van der Waals surface area contributed by atoms with Crippen molar-refractivity contribution in [3.05, 3.63) is 28.7 Å². The minimum Gasteiger partial charge on any atom is -0.489 e. The van der Waals surface area contributed by atoms with Crippen molar-refractivity contribution in [2.75, 3.05) is 33.5 Å². The Morgan fingerprint density at radius 3 is 2.55 bits per heavy atom. The maximum Gasteiger partial charge on any atom is 0.328 e. The van der Waals surface area contributed by atoms with Crippen LogP contribution >= 0.6 is 0 Å². The number of para-hydroxylation sites is 1. The molecule has 6 heteroatoms. The molecule has 0 aliphatic carbocycles. The summed E-state index contributed by atoms with van der Waals surface area (Å²) in [4.78, 5) is 11.9. The first-order valence-corrected chi connectivity index (χ1v) is 6.50. The number of imidazole rings is 1. The molecular weight excluding hydrogens is 260 g/mol. The van der Waals surface area contributed by atoms with Crippen molar-refractivity contribution >= 4 is 11.0 Å². The molecule has 110 valence electrons. The fraction of sp³-hybridized carbons (Fsp3) is 0.500. The lowest BCUT2D eigenvalue weighted by molar-refractivity contribution is 0.0546. The fourth-order valence-corrected chi connectivity index (χ4v) is 2.11. The van der Waals surface area contributed by atoms with Crippen LogP contribution in [0.15, 0.2) is 23.0 Å². The molecule has 0 N–H and O–H groups in total. The highest BCUT2D eigenvalue weighted by Crippen LogP contribution is 2.23. The monoisotopic (exact) mass is 280 g/mol. The zero-order valence-corrected chi connectivity index (χ0v) is 12.1. The van der Waals surface area contributed by atoms with Gasteiger partial charge in [0.1, 0.15) is 17.9 Å². The van der Waals surface area contributed by atoms with Crippen LogP contribution in [-0.2, 0) is 23.6 Å². The predicted octanol–water partition coefficient (Wildman–Crippen LogP) is 0.919. The lowest BCUT2D eigenvalue weighted by Gasteiger charge is -2.09. The molecule has 0 saturated carbocycles. The highest BCUT2D eigenvalue weighted by atomic mass is 16.5. The van der Waals surface area contributed by atoms with Crippen LogP contribution in [0.25, 0.3) is 11.0 Å². The molecule has 1 aromatic carbocycles. The van der Waals surface area contributed by atoms with Gasteiger partial charge in [0.05, 0.1) is 25.3 Å². The number of benzene rings is 1. The number of hydrogen-bond acceptors (Lipinski definition) is 4. The molecule has 1 heterocycles. The summed E-state index contributed by atoms with van der Waals surface area (Å²) < 4.78 is 19.1. The second-order valence-corrected chi connectivity index (χ2v) is 4.48. The summed E-state index contributed by atoms with van der Waals surface area (Å²) in [5, 5.41) is 0. The average Bonchev–Trinajstić information content (AvgIpc) is 2.68. The Kier molecular flexibility index (Phi) is 4.81. The van der Waals surface area contributed by atoms with Gasteiger partial charge >= 0.3 is 5.69 Å². The molecule has 0 radical (unpaired) electrons. The number of methoxy groups -OCH3 is 1. The number of fused-ring (bicyclic) bond motifs is 1. The third-order valence-corrected chi connectivity index (χ3v) is 3.17. The molecule has 0 fully saturated rings. The van der Waals surface area contributed by atoms with Gasteiger partial charge in [0.2, 0.25) is 0 Å². The van der Waals surface area contributed by atoms with E-state index < -0.39 is 0 Å². The van der Waals surface area contributed by atoms with Crippen molar-refractivity contribution in [1.29, 1.82) is 0 Å². The van der Waals surface area contributed by atoms with Gasteiger partial charge in [-0.3, -0.25) is 9.13 Å². The van der Waals surface area contributed by atoms with Crippen molar-refractivity contribution in [1.82, 2.24) is 9.13 Å². The second kappa shape index (κ2) is 6.58. The molecule has 1 aromatic heterocycles. The first-order chi connectivity index (χ1) is 9.66. The van der Waals surface area contributed by atoms with E-state index in [-0.39, 0.29) is 5.69 Å². The number of rotatable bonds is 7. The Bertz CT molecular complexity index is 630. The fourth-order valence-electron chi connectivity index (χ4n) is 2.11. The summed E-state index contributed by atoms with van der Waals surface area (Å²) in [5.41, 5.74) is 1.60. The van der Waals surface area contributed by atoms with Gasteiger partial charge in [-0.2, -0.15) is 0 Å². The first-order valence-electron chi connectivity index (χ1n) is 6.50. The zero-order valence-electron chi connectivity index (χ0n) is 12.1. The molecule has 0 atom stereocenters. The van der Waals surface area contributed by atoms with Gasteiger partial charge in [-0.05, 0) is 12.1 Å². The van der Waals surface area contributed by atoms with E-state index in [0.717, 1.165) is 11.0 Å². The topological polar surface area (TPSA) is 54.6 Å². The summed E-state index contributed by atoms with van der Waals surface area (Å²) in [6.45, 7) is 2.04. The average molecular weight is 280 g/mol. The standard InChI is InChI=1S/C14H20N2O4/c1-15-11-5-4-6-12(13(11)16(2)14(15)17)20-10-9-19-8-7-18-3/h4-6H,7-10H2,1-3H3.